The van der Waals surface area contributed by atoms with Crippen molar-refractivity contribution in [2.45, 2.75) is 12.8 Å². The predicted octanol–water partition coefficient (Wildman–Crippen LogP) is 8.55. The number of nitrogens with zero attached hydrogens (tertiary/aromatic N) is 1. The fourth-order valence-electron chi connectivity index (χ4n) is 4.89. The van der Waals surface area contributed by atoms with E-state index >= 15 is 0 Å². The number of benzene rings is 4. The van der Waals surface area contributed by atoms with E-state index in [0.29, 0.717) is 0 Å². The van der Waals surface area contributed by atoms with Gasteiger partial charge in [0.25, 0.3) is 0 Å². The summed E-state index contributed by atoms with van der Waals surface area (Å²) in [6.45, 7) is 0. The normalized spacial score (nSPS) is 13.1. The van der Waals surface area contributed by atoms with E-state index in [4.69, 9.17) is 0 Å². The second-order valence-corrected chi connectivity index (χ2v) is 9.23. The average molecular weight is 476 g/mol. The molecule has 2 heteroatoms. The number of hydrogen-bond acceptors (Lipinski definition) is 0. The smallest absolute Gasteiger partial charge is 0.0537 e. The van der Waals surface area contributed by atoms with E-state index in [1.165, 1.54) is 50.1 Å². The third-order valence-electron chi connectivity index (χ3n) is 6.37. The van der Waals surface area contributed by atoms with Crippen LogP contribution in [0.3, 0.4) is 0 Å². The average Bonchev–Trinajstić information content (AvgIpc) is 3.18. The maximum atomic E-state index is 3.76. The maximum Gasteiger partial charge on any atom is 0.0537 e. The molecule has 32 heavy (non-hydrogen) atoms. The molecule has 1 aliphatic rings. The predicted molar refractivity (Wildman–Crippen MR) is 139 cm³/mol. The highest BCUT2D eigenvalue weighted by Crippen LogP contribution is 2.39. The lowest BCUT2D eigenvalue weighted by atomic mass is 9.89. The van der Waals surface area contributed by atoms with Crippen LogP contribution in [-0.2, 0) is 6.42 Å². The Labute approximate surface area is 196 Å². The lowest BCUT2D eigenvalue weighted by molar-refractivity contribution is 0.980. The molecule has 4 aromatic carbocycles. The van der Waals surface area contributed by atoms with Gasteiger partial charge in [0.2, 0.25) is 0 Å². The summed E-state index contributed by atoms with van der Waals surface area (Å²) in [6, 6.07) is 36.9. The third kappa shape index (κ3) is 3.32. The molecule has 154 valence electrons. The number of aryl methyl sites for hydroxylation is 1. The number of fused-ring (bicyclic) bond motifs is 3. The summed E-state index contributed by atoms with van der Waals surface area (Å²) in [5, 5.41) is 1.36. The van der Waals surface area contributed by atoms with Crippen LogP contribution >= 0.6 is 15.9 Å². The number of hydrogen-bond donors (Lipinski definition) is 0. The van der Waals surface area contributed by atoms with E-state index in [0.717, 1.165) is 17.3 Å². The standard InChI is InChI=1S/C30H22BrN/c31-25-18-23(21-9-3-1-4-10-21)17-24(19-25)22-15-16-28-27-13-7-8-14-29(27)32(30(28)20-22)26-11-5-2-6-12-26/h1-14,17-20H,15-16H2. The van der Waals surface area contributed by atoms with Gasteiger partial charge < -0.3 is 4.57 Å². The van der Waals surface area contributed by atoms with Gasteiger partial charge in [0.05, 0.1) is 11.2 Å². The Kier molecular flexibility index (Phi) is 4.81. The van der Waals surface area contributed by atoms with Crippen LogP contribution in [0, 0.1) is 0 Å². The molecular formula is C30H22BrN. The van der Waals surface area contributed by atoms with E-state index in [9.17, 15) is 0 Å². The molecule has 1 aliphatic carbocycles. The molecule has 0 fully saturated rings. The molecule has 1 nitrogen and oxygen atoms in total. The van der Waals surface area contributed by atoms with Crippen LogP contribution in [0.15, 0.2) is 108 Å². The minimum Gasteiger partial charge on any atom is -0.310 e. The van der Waals surface area contributed by atoms with Crippen molar-refractivity contribution in [1.82, 2.24) is 4.57 Å². The molecule has 1 aromatic heterocycles. The minimum atomic E-state index is 1.04. The van der Waals surface area contributed by atoms with Crippen molar-refractivity contribution in [3.05, 3.63) is 124 Å². The Morgan fingerprint density at radius 1 is 0.625 bits per heavy atom. The molecule has 0 N–H and O–H groups in total. The van der Waals surface area contributed by atoms with Gasteiger partial charge in [-0.2, -0.15) is 0 Å². The summed E-state index contributed by atoms with van der Waals surface area (Å²) >= 11 is 3.76. The molecule has 0 bridgehead atoms. The van der Waals surface area contributed by atoms with Crippen LogP contribution in [0.1, 0.15) is 23.2 Å². The zero-order chi connectivity index (χ0) is 21.5. The number of rotatable bonds is 3. The van der Waals surface area contributed by atoms with Gasteiger partial charge in [-0.3, -0.25) is 0 Å². The van der Waals surface area contributed by atoms with Gasteiger partial charge in [0.15, 0.2) is 0 Å². The van der Waals surface area contributed by atoms with Crippen LogP contribution in [0.25, 0.3) is 39.4 Å². The van der Waals surface area contributed by atoms with E-state index in [1.54, 1.807) is 0 Å². The van der Waals surface area contributed by atoms with Crippen LogP contribution in [0.5, 0.6) is 0 Å². The first-order chi connectivity index (χ1) is 15.8. The highest BCUT2D eigenvalue weighted by Gasteiger charge is 2.21. The zero-order valence-corrected chi connectivity index (χ0v) is 19.2. The first-order valence-electron chi connectivity index (χ1n) is 11.0. The molecule has 0 radical (unpaired) electrons. The lowest BCUT2D eigenvalue weighted by Gasteiger charge is -2.18. The monoisotopic (exact) mass is 475 g/mol. The summed E-state index contributed by atoms with van der Waals surface area (Å²) in [4.78, 5) is 0. The molecule has 6 rings (SSSR count). The fourth-order valence-corrected chi connectivity index (χ4v) is 5.39. The summed E-state index contributed by atoms with van der Waals surface area (Å²) in [5.41, 5.74) is 10.4. The molecule has 0 saturated heterocycles. The van der Waals surface area contributed by atoms with Gasteiger partial charge in [-0.25, -0.2) is 0 Å². The van der Waals surface area contributed by atoms with Gasteiger partial charge in [0, 0.05) is 15.5 Å². The largest absolute Gasteiger partial charge is 0.310 e. The SMILES string of the molecule is Brc1cc(C2=Cc3c(c4ccccc4n3-c3ccccc3)CC2)cc(-c2ccccc2)c1. The van der Waals surface area contributed by atoms with E-state index in [1.807, 2.05) is 0 Å². The lowest BCUT2D eigenvalue weighted by Crippen LogP contribution is -2.03. The topological polar surface area (TPSA) is 4.93 Å². The van der Waals surface area contributed by atoms with E-state index in [-0.39, 0.29) is 0 Å². The van der Waals surface area contributed by atoms with Crippen molar-refractivity contribution < 1.29 is 0 Å². The molecule has 0 saturated carbocycles. The highest BCUT2D eigenvalue weighted by atomic mass is 79.9. The third-order valence-corrected chi connectivity index (χ3v) is 6.82. The molecule has 0 atom stereocenters. The van der Waals surface area contributed by atoms with Crippen molar-refractivity contribution in [2.75, 3.05) is 0 Å². The highest BCUT2D eigenvalue weighted by molar-refractivity contribution is 9.10. The second kappa shape index (κ2) is 7.96. The Hall–Kier alpha value is -3.36. The second-order valence-electron chi connectivity index (χ2n) is 8.32. The molecule has 5 aromatic rings. The van der Waals surface area contributed by atoms with Crippen molar-refractivity contribution >= 4 is 38.5 Å². The van der Waals surface area contributed by atoms with Crippen LogP contribution in [-0.4, -0.2) is 4.57 Å². The first-order valence-corrected chi connectivity index (χ1v) is 11.8. The molecule has 1 heterocycles. The molecule has 0 spiro atoms. The minimum absolute atomic E-state index is 1.04. The first kappa shape index (κ1) is 19.3. The quantitative estimate of drug-likeness (QED) is 0.246. The van der Waals surface area contributed by atoms with Crippen molar-refractivity contribution in [2.24, 2.45) is 0 Å². The summed E-state index contributed by atoms with van der Waals surface area (Å²) in [7, 11) is 0. The van der Waals surface area contributed by atoms with Crippen LogP contribution in [0.2, 0.25) is 0 Å². The number of para-hydroxylation sites is 2. The number of allylic oxidation sites excluding steroid dienone is 1. The Morgan fingerprint density at radius 3 is 2.12 bits per heavy atom. The molecular weight excluding hydrogens is 454 g/mol. The van der Waals surface area contributed by atoms with Gasteiger partial charge in [-0.05, 0) is 83.1 Å². The Balaban J connectivity index is 1.54. The van der Waals surface area contributed by atoms with Crippen molar-refractivity contribution in [1.29, 1.82) is 0 Å². The fraction of sp³-hybridized carbons (Fsp3) is 0.0667. The van der Waals surface area contributed by atoms with Gasteiger partial charge in [0.1, 0.15) is 0 Å². The Bertz CT molecular complexity index is 1460. The van der Waals surface area contributed by atoms with Gasteiger partial charge in [-0.15, -0.1) is 0 Å². The van der Waals surface area contributed by atoms with Crippen molar-refractivity contribution in [3.8, 4) is 16.8 Å². The zero-order valence-electron chi connectivity index (χ0n) is 17.6. The summed E-state index contributed by atoms with van der Waals surface area (Å²) in [6.07, 6.45) is 4.50. The molecule has 0 aliphatic heterocycles. The Morgan fingerprint density at radius 2 is 1.31 bits per heavy atom. The summed E-state index contributed by atoms with van der Waals surface area (Å²) in [5.74, 6) is 0. The van der Waals surface area contributed by atoms with E-state index in [2.05, 4.69) is 130 Å². The number of halogens is 1. The van der Waals surface area contributed by atoms with Gasteiger partial charge >= 0.3 is 0 Å². The van der Waals surface area contributed by atoms with Crippen LogP contribution in [0.4, 0.5) is 0 Å². The van der Waals surface area contributed by atoms with Crippen LogP contribution < -0.4 is 0 Å². The number of aromatic nitrogens is 1. The molecule has 0 amide bonds. The van der Waals surface area contributed by atoms with E-state index < -0.39 is 0 Å². The maximum absolute atomic E-state index is 3.76. The van der Waals surface area contributed by atoms with Crippen molar-refractivity contribution in [3.63, 3.8) is 0 Å². The summed E-state index contributed by atoms with van der Waals surface area (Å²) < 4.78 is 3.53. The molecule has 0 unspecified atom stereocenters. The van der Waals surface area contributed by atoms with Gasteiger partial charge in [-0.1, -0.05) is 82.7 Å².